The van der Waals surface area contributed by atoms with E-state index < -0.39 is 7.60 Å². The van der Waals surface area contributed by atoms with Crippen molar-refractivity contribution in [2.45, 2.75) is 27.2 Å². The molecule has 0 rings (SSSR count). The predicted octanol–water partition coefficient (Wildman–Crippen LogP) is 1.80. The second-order valence-electron chi connectivity index (χ2n) is 3.48. The zero-order valence-electron chi connectivity index (χ0n) is 11.4. The van der Waals surface area contributed by atoms with E-state index in [0.717, 1.165) is 0 Å². The number of hydrogen-bond acceptors (Lipinski definition) is 6. The summed E-state index contributed by atoms with van der Waals surface area (Å²) >= 11 is 0. The summed E-state index contributed by atoms with van der Waals surface area (Å²) in [5.41, 5.74) is 0. The van der Waals surface area contributed by atoms with Gasteiger partial charge in [0.25, 0.3) is 0 Å². The smallest absolute Gasteiger partial charge is 0.331 e. The van der Waals surface area contributed by atoms with E-state index in [0.29, 0.717) is 45.5 Å². The van der Waals surface area contributed by atoms with Crippen molar-refractivity contribution >= 4 is 13.6 Å². The fourth-order valence-corrected chi connectivity index (χ4v) is 2.88. The largest absolute Gasteiger partial charge is 0.466 e. The average molecular weight is 281 g/mol. The van der Waals surface area contributed by atoms with Gasteiger partial charge in [0.1, 0.15) is 0 Å². The normalized spacial score (nSPS) is 11.5. The van der Waals surface area contributed by atoms with Crippen LogP contribution in [0, 0.1) is 0 Å². The molecule has 0 aliphatic heterocycles. The Morgan fingerprint density at radius 2 is 1.67 bits per heavy atom. The van der Waals surface area contributed by atoms with Crippen molar-refractivity contribution in [2.24, 2.45) is 0 Å². The van der Waals surface area contributed by atoms with Gasteiger partial charge in [-0.1, -0.05) is 0 Å². The summed E-state index contributed by atoms with van der Waals surface area (Å²) in [6, 6.07) is 0. The maximum atomic E-state index is 12.0. The van der Waals surface area contributed by atoms with Gasteiger partial charge >= 0.3 is 13.6 Å². The molecule has 0 aliphatic rings. The van der Waals surface area contributed by atoms with E-state index >= 15 is 0 Å². The Morgan fingerprint density at radius 1 is 1.06 bits per heavy atom. The summed E-state index contributed by atoms with van der Waals surface area (Å²) in [7, 11) is -2.97. The Balaban J connectivity index is 3.73. The summed E-state index contributed by atoms with van der Waals surface area (Å²) < 4.78 is 27.1. The second-order valence-corrected chi connectivity index (χ2v) is 5.66. The minimum Gasteiger partial charge on any atom is -0.466 e. The fourth-order valence-electron chi connectivity index (χ4n) is 1.32. The first kappa shape index (κ1) is 17.6. The van der Waals surface area contributed by atoms with Crippen molar-refractivity contribution in [2.75, 3.05) is 39.1 Å². The van der Waals surface area contributed by atoms with E-state index in [4.69, 9.17) is 13.8 Å². The molecule has 0 saturated heterocycles. The van der Waals surface area contributed by atoms with Crippen LogP contribution in [0.4, 0.5) is 0 Å². The minimum absolute atomic E-state index is 0.234. The third-order valence-corrected chi connectivity index (χ3v) is 4.10. The molecule has 0 saturated carbocycles. The van der Waals surface area contributed by atoms with Gasteiger partial charge in [-0.3, -0.25) is 9.36 Å². The molecule has 0 fully saturated rings. The maximum absolute atomic E-state index is 12.0. The standard InChI is InChI=1S/C11H24NO5P/c1-4-15-11(13)7-8-12-9-10-18(14,16-5-2)17-6-3/h12H,4-10H2,1-3H3. The zero-order chi connectivity index (χ0) is 13.9. The highest BCUT2D eigenvalue weighted by Crippen LogP contribution is 2.47. The first-order chi connectivity index (χ1) is 8.58. The Labute approximate surface area is 109 Å². The molecule has 7 heteroatoms. The molecule has 0 atom stereocenters. The minimum atomic E-state index is -2.97. The highest BCUT2D eigenvalue weighted by atomic mass is 31.2. The van der Waals surface area contributed by atoms with Crippen molar-refractivity contribution in [1.29, 1.82) is 0 Å². The van der Waals surface area contributed by atoms with Crippen LogP contribution in [0.1, 0.15) is 27.2 Å². The first-order valence-corrected chi connectivity index (χ1v) is 8.05. The highest BCUT2D eigenvalue weighted by molar-refractivity contribution is 7.53. The number of carbonyl (C=O) groups excluding carboxylic acids is 1. The van der Waals surface area contributed by atoms with Crippen LogP contribution in [0.25, 0.3) is 0 Å². The number of nitrogens with one attached hydrogen (secondary N) is 1. The van der Waals surface area contributed by atoms with Gasteiger partial charge in [-0.15, -0.1) is 0 Å². The van der Waals surface area contributed by atoms with Crippen molar-refractivity contribution in [1.82, 2.24) is 5.32 Å². The molecule has 0 aromatic rings. The van der Waals surface area contributed by atoms with Crippen molar-refractivity contribution < 1.29 is 23.1 Å². The van der Waals surface area contributed by atoms with Crippen LogP contribution in [-0.2, 0) is 23.1 Å². The average Bonchev–Trinajstić information content (AvgIpc) is 2.29. The molecule has 0 aromatic heterocycles. The first-order valence-electron chi connectivity index (χ1n) is 6.32. The van der Waals surface area contributed by atoms with E-state index in [9.17, 15) is 9.36 Å². The van der Waals surface area contributed by atoms with Crippen LogP contribution in [0.3, 0.4) is 0 Å². The van der Waals surface area contributed by atoms with Crippen LogP contribution in [0.2, 0.25) is 0 Å². The number of esters is 1. The summed E-state index contributed by atoms with van der Waals surface area (Å²) in [6.07, 6.45) is 0.610. The van der Waals surface area contributed by atoms with Gasteiger partial charge in [-0.05, 0) is 20.8 Å². The van der Waals surface area contributed by atoms with E-state index in [1.165, 1.54) is 0 Å². The van der Waals surface area contributed by atoms with Crippen molar-refractivity contribution in [3.8, 4) is 0 Å². The van der Waals surface area contributed by atoms with Gasteiger partial charge in [-0.25, -0.2) is 0 Å². The Hall–Kier alpha value is -0.420. The lowest BCUT2D eigenvalue weighted by molar-refractivity contribution is -0.142. The summed E-state index contributed by atoms with van der Waals surface area (Å²) in [4.78, 5) is 11.0. The summed E-state index contributed by atoms with van der Waals surface area (Å²) in [6.45, 7) is 7.42. The van der Waals surface area contributed by atoms with Gasteiger partial charge in [0.15, 0.2) is 0 Å². The van der Waals surface area contributed by atoms with E-state index in [-0.39, 0.29) is 5.97 Å². The van der Waals surface area contributed by atoms with E-state index in [1.807, 2.05) is 0 Å². The van der Waals surface area contributed by atoms with Crippen LogP contribution < -0.4 is 5.32 Å². The third-order valence-electron chi connectivity index (χ3n) is 2.03. The molecule has 0 radical (unpaired) electrons. The van der Waals surface area contributed by atoms with Crippen molar-refractivity contribution in [3.63, 3.8) is 0 Å². The lowest BCUT2D eigenvalue weighted by Gasteiger charge is -2.16. The van der Waals surface area contributed by atoms with Crippen LogP contribution in [0.5, 0.6) is 0 Å². The van der Waals surface area contributed by atoms with Crippen LogP contribution >= 0.6 is 7.60 Å². The molecule has 0 aromatic carbocycles. The number of hydrogen-bond donors (Lipinski definition) is 1. The SMILES string of the molecule is CCOC(=O)CCNCCP(=O)(OCC)OCC. The van der Waals surface area contributed by atoms with E-state index in [1.54, 1.807) is 20.8 Å². The quantitative estimate of drug-likeness (QED) is 0.353. The summed E-state index contributed by atoms with van der Waals surface area (Å²) in [5, 5.41) is 3.01. The van der Waals surface area contributed by atoms with Gasteiger partial charge in [0.2, 0.25) is 0 Å². The molecule has 108 valence electrons. The van der Waals surface area contributed by atoms with Gasteiger partial charge < -0.3 is 19.1 Å². The molecule has 0 spiro atoms. The molecule has 18 heavy (non-hydrogen) atoms. The Morgan fingerprint density at radius 3 is 2.17 bits per heavy atom. The van der Waals surface area contributed by atoms with Crippen LogP contribution in [-0.4, -0.2) is 45.0 Å². The Kier molecular flexibility index (Phi) is 10.3. The predicted molar refractivity (Wildman–Crippen MR) is 69.8 cm³/mol. The van der Waals surface area contributed by atoms with Crippen LogP contribution in [0.15, 0.2) is 0 Å². The lowest BCUT2D eigenvalue weighted by atomic mass is 10.4. The molecule has 0 amide bonds. The van der Waals surface area contributed by atoms with E-state index in [2.05, 4.69) is 5.32 Å². The van der Waals surface area contributed by atoms with Crippen molar-refractivity contribution in [3.05, 3.63) is 0 Å². The molecule has 0 aliphatic carbocycles. The monoisotopic (exact) mass is 281 g/mol. The zero-order valence-corrected chi connectivity index (χ0v) is 12.3. The molecule has 6 nitrogen and oxygen atoms in total. The lowest BCUT2D eigenvalue weighted by Crippen LogP contribution is -2.23. The topological polar surface area (TPSA) is 73.9 Å². The summed E-state index contributed by atoms with van der Waals surface area (Å²) in [5.74, 6) is -0.234. The number of ether oxygens (including phenoxy) is 1. The number of rotatable bonds is 11. The molecule has 1 N–H and O–H groups in total. The fraction of sp³-hybridized carbons (Fsp3) is 0.909. The second kappa shape index (κ2) is 10.5. The maximum Gasteiger partial charge on any atom is 0.331 e. The molecule has 0 heterocycles. The highest BCUT2D eigenvalue weighted by Gasteiger charge is 2.22. The van der Waals surface area contributed by atoms with Gasteiger partial charge in [0.05, 0.1) is 32.4 Å². The molecule has 0 unspecified atom stereocenters. The van der Waals surface area contributed by atoms with Gasteiger partial charge in [0, 0.05) is 13.1 Å². The van der Waals surface area contributed by atoms with Gasteiger partial charge in [-0.2, -0.15) is 0 Å². The number of carbonyl (C=O) groups is 1. The third kappa shape index (κ3) is 8.64. The molecular formula is C11H24NO5P. The molecule has 0 bridgehead atoms. The Bertz CT molecular complexity index is 262. The molecular weight excluding hydrogens is 257 g/mol.